The first kappa shape index (κ1) is 28.4. The van der Waals surface area contributed by atoms with Crippen LogP contribution < -0.4 is 10.6 Å². The minimum atomic E-state index is -0.745. The SMILES string of the molecule is CC.CC(=O)C1CCCCC1.CCC(=O)O.CNC(=O)CNC(C)C. The zero-order valence-electron chi connectivity index (χ0n) is 17.3. The minimum Gasteiger partial charge on any atom is -0.481 e. The molecule has 0 aliphatic heterocycles. The zero-order chi connectivity index (χ0) is 20.3. The van der Waals surface area contributed by atoms with E-state index in [4.69, 9.17) is 5.11 Å². The van der Waals surface area contributed by atoms with Gasteiger partial charge in [0.1, 0.15) is 5.78 Å². The zero-order valence-corrected chi connectivity index (χ0v) is 17.3. The minimum absolute atomic E-state index is 0.0312. The summed E-state index contributed by atoms with van der Waals surface area (Å²) < 4.78 is 0. The van der Waals surface area contributed by atoms with E-state index in [0.717, 1.165) is 12.8 Å². The second-order valence-electron chi connectivity index (χ2n) is 5.90. The molecule has 25 heavy (non-hydrogen) atoms. The van der Waals surface area contributed by atoms with Crippen molar-refractivity contribution >= 4 is 17.7 Å². The normalized spacial score (nSPS) is 13.1. The third kappa shape index (κ3) is 24.9. The standard InChI is InChI=1S/C8H14O.C6H14N2O.C3H6O2.C2H6/c1-7(9)8-5-3-2-4-6-8;1-5(2)8-4-6(9)7-3;1-2-3(4)5;1-2/h8H,2-6H2,1H3;5,8H,4H2,1-3H3,(H,7,9);2H2,1H3,(H,4,5);1-2H3. The lowest BCUT2D eigenvalue weighted by Gasteiger charge is -2.17. The van der Waals surface area contributed by atoms with Gasteiger partial charge in [0.15, 0.2) is 0 Å². The number of likely N-dealkylation sites (N-methyl/N-ethyl adjacent to an activating group) is 1. The Hall–Kier alpha value is -1.43. The molecule has 3 N–H and O–H groups in total. The third-order valence-corrected chi connectivity index (χ3v) is 3.43. The van der Waals surface area contributed by atoms with Crippen molar-refractivity contribution in [2.24, 2.45) is 5.92 Å². The molecule has 6 heteroatoms. The first-order chi connectivity index (χ1) is 11.7. The average Bonchev–Trinajstić information content (AvgIpc) is 2.63. The fourth-order valence-corrected chi connectivity index (χ4v) is 1.89. The molecule has 0 aromatic carbocycles. The van der Waals surface area contributed by atoms with Crippen molar-refractivity contribution in [1.82, 2.24) is 10.6 Å². The number of carbonyl (C=O) groups is 3. The smallest absolute Gasteiger partial charge is 0.303 e. The van der Waals surface area contributed by atoms with E-state index >= 15 is 0 Å². The summed E-state index contributed by atoms with van der Waals surface area (Å²) in [7, 11) is 1.63. The van der Waals surface area contributed by atoms with Crippen LogP contribution in [-0.2, 0) is 14.4 Å². The molecule has 1 rings (SSSR count). The Morgan fingerprint density at radius 2 is 1.52 bits per heavy atom. The molecule has 0 unspecified atom stereocenters. The first-order valence-electron chi connectivity index (χ1n) is 9.40. The molecule has 1 saturated carbocycles. The van der Waals surface area contributed by atoms with E-state index in [1.165, 1.54) is 19.3 Å². The molecule has 0 aromatic rings. The lowest BCUT2D eigenvalue weighted by molar-refractivity contribution is -0.136. The van der Waals surface area contributed by atoms with Crippen LogP contribution >= 0.6 is 0 Å². The molecule has 1 aliphatic carbocycles. The van der Waals surface area contributed by atoms with Crippen molar-refractivity contribution < 1.29 is 19.5 Å². The highest BCUT2D eigenvalue weighted by Crippen LogP contribution is 2.23. The number of carboxylic acids is 1. The Labute approximate surface area is 154 Å². The summed E-state index contributed by atoms with van der Waals surface area (Å²) in [5.41, 5.74) is 0. The number of hydrogen-bond donors (Lipinski definition) is 3. The molecule has 150 valence electrons. The summed E-state index contributed by atoms with van der Waals surface area (Å²) in [6.45, 7) is 11.7. The summed E-state index contributed by atoms with van der Waals surface area (Å²) in [6.07, 6.45) is 6.39. The van der Waals surface area contributed by atoms with Crippen molar-refractivity contribution in [3.63, 3.8) is 0 Å². The summed E-state index contributed by atoms with van der Waals surface area (Å²) in [6, 6.07) is 0.377. The quantitative estimate of drug-likeness (QED) is 0.698. The maximum Gasteiger partial charge on any atom is 0.303 e. The van der Waals surface area contributed by atoms with Gasteiger partial charge < -0.3 is 15.7 Å². The van der Waals surface area contributed by atoms with E-state index in [9.17, 15) is 14.4 Å². The Morgan fingerprint density at radius 1 is 1.08 bits per heavy atom. The molecule has 0 bridgehead atoms. The Balaban J connectivity index is -0.000000287. The van der Waals surface area contributed by atoms with Crippen LogP contribution in [0.15, 0.2) is 0 Å². The predicted molar refractivity (Wildman–Crippen MR) is 104 cm³/mol. The van der Waals surface area contributed by atoms with E-state index < -0.39 is 5.97 Å². The molecule has 0 heterocycles. The molecule has 1 aliphatic rings. The highest BCUT2D eigenvalue weighted by molar-refractivity contribution is 5.78. The van der Waals surface area contributed by atoms with Gasteiger partial charge in [0, 0.05) is 25.4 Å². The van der Waals surface area contributed by atoms with Crippen LogP contribution in [0.4, 0.5) is 0 Å². The second-order valence-corrected chi connectivity index (χ2v) is 5.90. The molecule has 1 fully saturated rings. The molecule has 0 spiro atoms. The first-order valence-corrected chi connectivity index (χ1v) is 9.40. The molecule has 1 amide bonds. The number of carbonyl (C=O) groups excluding carboxylic acids is 2. The summed E-state index contributed by atoms with van der Waals surface area (Å²) in [4.78, 5) is 30.7. The number of nitrogens with one attached hydrogen (secondary N) is 2. The number of hydrogen-bond acceptors (Lipinski definition) is 4. The van der Waals surface area contributed by atoms with Crippen molar-refractivity contribution in [3.8, 4) is 0 Å². The van der Waals surface area contributed by atoms with Gasteiger partial charge in [-0.3, -0.25) is 14.4 Å². The lowest BCUT2D eigenvalue weighted by Crippen LogP contribution is -2.34. The monoisotopic (exact) mass is 360 g/mol. The van der Waals surface area contributed by atoms with E-state index in [1.54, 1.807) is 20.9 Å². The Bertz CT molecular complexity index is 338. The van der Waals surface area contributed by atoms with E-state index in [2.05, 4.69) is 10.6 Å². The average molecular weight is 361 g/mol. The fourth-order valence-electron chi connectivity index (χ4n) is 1.89. The topological polar surface area (TPSA) is 95.5 Å². The van der Waals surface area contributed by atoms with Gasteiger partial charge in [-0.1, -0.05) is 53.9 Å². The van der Waals surface area contributed by atoms with Gasteiger partial charge in [-0.2, -0.15) is 0 Å². The van der Waals surface area contributed by atoms with Crippen molar-refractivity contribution in [1.29, 1.82) is 0 Å². The highest BCUT2D eigenvalue weighted by Gasteiger charge is 2.16. The van der Waals surface area contributed by atoms with Gasteiger partial charge in [0.05, 0.1) is 6.54 Å². The van der Waals surface area contributed by atoms with Gasteiger partial charge in [-0.25, -0.2) is 0 Å². The van der Waals surface area contributed by atoms with E-state index in [-0.39, 0.29) is 12.3 Å². The van der Waals surface area contributed by atoms with Crippen LogP contribution in [0, 0.1) is 5.92 Å². The van der Waals surface area contributed by atoms with Gasteiger partial charge >= 0.3 is 5.97 Å². The van der Waals surface area contributed by atoms with Crippen LogP contribution in [0.25, 0.3) is 0 Å². The lowest BCUT2D eigenvalue weighted by atomic mass is 9.87. The predicted octanol–water partition coefficient (Wildman–Crippen LogP) is 3.39. The molecular formula is C19H40N2O4. The highest BCUT2D eigenvalue weighted by atomic mass is 16.4. The number of ketones is 1. The van der Waals surface area contributed by atoms with Crippen molar-refractivity contribution in [3.05, 3.63) is 0 Å². The van der Waals surface area contributed by atoms with Gasteiger partial charge in [-0.15, -0.1) is 0 Å². The van der Waals surface area contributed by atoms with Crippen molar-refractivity contribution in [2.75, 3.05) is 13.6 Å². The maximum atomic E-state index is 10.8. The Kier molecular flexibility index (Phi) is 23.4. The third-order valence-electron chi connectivity index (χ3n) is 3.43. The van der Waals surface area contributed by atoms with Crippen LogP contribution in [0.1, 0.15) is 80.1 Å². The molecule has 0 radical (unpaired) electrons. The maximum absolute atomic E-state index is 10.8. The second kappa shape index (κ2) is 20.6. The summed E-state index contributed by atoms with van der Waals surface area (Å²) in [5, 5.41) is 13.2. The summed E-state index contributed by atoms with van der Waals surface area (Å²) in [5.74, 6) is 0.0992. The van der Waals surface area contributed by atoms with Gasteiger partial charge in [0.2, 0.25) is 5.91 Å². The molecular weight excluding hydrogens is 320 g/mol. The van der Waals surface area contributed by atoms with Gasteiger partial charge in [-0.05, 0) is 19.8 Å². The number of carboxylic acid groups (broad SMARTS) is 1. The van der Waals surface area contributed by atoms with Crippen molar-refractivity contribution in [2.45, 2.75) is 86.1 Å². The molecule has 6 nitrogen and oxygen atoms in total. The molecule has 0 saturated heterocycles. The van der Waals surface area contributed by atoms with Crippen LogP contribution in [0.5, 0.6) is 0 Å². The van der Waals surface area contributed by atoms with Gasteiger partial charge in [0.25, 0.3) is 0 Å². The molecule has 0 atom stereocenters. The number of aliphatic carboxylic acids is 1. The number of amides is 1. The molecule has 0 aromatic heterocycles. The summed E-state index contributed by atoms with van der Waals surface area (Å²) >= 11 is 0. The Morgan fingerprint density at radius 3 is 1.76 bits per heavy atom. The largest absolute Gasteiger partial charge is 0.481 e. The van der Waals surface area contributed by atoms with E-state index in [0.29, 0.717) is 24.3 Å². The fraction of sp³-hybridized carbons (Fsp3) is 0.842. The van der Waals surface area contributed by atoms with Crippen LogP contribution in [0.3, 0.4) is 0 Å². The van der Waals surface area contributed by atoms with Crippen LogP contribution in [-0.4, -0.2) is 42.4 Å². The van der Waals surface area contributed by atoms with E-state index in [1.807, 2.05) is 27.7 Å². The van der Waals surface area contributed by atoms with Crippen LogP contribution in [0.2, 0.25) is 0 Å². The number of Topliss-reactive ketones (excluding diaryl/α,β-unsaturated/α-hetero) is 1. The number of rotatable bonds is 5.